The van der Waals surface area contributed by atoms with E-state index in [0.29, 0.717) is 0 Å². The fraction of sp³-hybridized carbons (Fsp3) is 0.417. The minimum Gasteiger partial charge on any atom is -0.398 e. The summed E-state index contributed by atoms with van der Waals surface area (Å²) in [5.41, 5.74) is 4.91. The number of non-ortho nitro benzene ring substituents is 1. The standard InChI is InChI=1S/C12H17N3O4/c1-12(2,7-16)14(3)11(17)9-6-8(15(18)19)4-5-10(9)13/h4-6,16H,7,13H2,1-3H3. The number of carbonyl (C=O) groups excluding carboxylic acids is 1. The van der Waals surface area contributed by atoms with Crippen molar-refractivity contribution >= 4 is 17.3 Å². The van der Waals surface area contributed by atoms with Gasteiger partial charge in [-0.15, -0.1) is 0 Å². The Balaban J connectivity index is 3.19. The molecule has 0 heterocycles. The number of nitro groups is 1. The number of hydrogen-bond acceptors (Lipinski definition) is 5. The summed E-state index contributed by atoms with van der Waals surface area (Å²) in [6.45, 7) is 3.13. The van der Waals surface area contributed by atoms with Gasteiger partial charge < -0.3 is 15.7 Å². The second-order valence-corrected chi connectivity index (χ2v) is 4.86. The van der Waals surface area contributed by atoms with Gasteiger partial charge in [0.25, 0.3) is 11.6 Å². The van der Waals surface area contributed by atoms with Gasteiger partial charge in [-0.3, -0.25) is 14.9 Å². The fourth-order valence-electron chi connectivity index (χ4n) is 1.40. The quantitative estimate of drug-likeness (QED) is 0.481. The Labute approximate surface area is 110 Å². The van der Waals surface area contributed by atoms with E-state index in [1.165, 1.54) is 24.1 Å². The molecule has 1 amide bonds. The number of nitrogen functional groups attached to an aromatic ring is 1. The number of carbonyl (C=O) groups is 1. The number of anilines is 1. The van der Waals surface area contributed by atoms with Crippen molar-refractivity contribution in [3.63, 3.8) is 0 Å². The zero-order valence-electron chi connectivity index (χ0n) is 11.1. The summed E-state index contributed by atoms with van der Waals surface area (Å²) in [7, 11) is 1.51. The Kier molecular flexibility index (Phi) is 4.10. The minimum absolute atomic E-state index is 0.0539. The number of likely N-dealkylation sites (N-methyl/N-ethyl adjacent to an activating group) is 1. The minimum atomic E-state index is -0.784. The van der Waals surface area contributed by atoms with Gasteiger partial charge in [0.2, 0.25) is 0 Å². The lowest BCUT2D eigenvalue weighted by Gasteiger charge is -2.34. The van der Waals surface area contributed by atoms with Gasteiger partial charge in [-0.25, -0.2) is 0 Å². The summed E-state index contributed by atoms with van der Waals surface area (Å²) in [5, 5.41) is 19.9. The Morgan fingerprint density at radius 3 is 2.58 bits per heavy atom. The summed E-state index contributed by atoms with van der Waals surface area (Å²) < 4.78 is 0. The molecule has 7 heteroatoms. The average Bonchev–Trinajstić information content (AvgIpc) is 2.37. The molecular weight excluding hydrogens is 250 g/mol. The number of nitro benzene ring substituents is 1. The third-order valence-electron chi connectivity index (χ3n) is 3.08. The second-order valence-electron chi connectivity index (χ2n) is 4.86. The zero-order chi connectivity index (χ0) is 14.8. The van der Waals surface area contributed by atoms with Crippen LogP contribution < -0.4 is 5.73 Å². The Bertz CT molecular complexity index is 514. The maximum atomic E-state index is 12.3. The van der Waals surface area contributed by atoms with E-state index in [9.17, 15) is 20.0 Å². The SMILES string of the molecule is CN(C(=O)c1cc([N+](=O)[O-])ccc1N)C(C)(C)CO. The van der Waals surface area contributed by atoms with Crippen molar-refractivity contribution < 1.29 is 14.8 Å². The van der Waals surface area contributed by atoms with Gasteiger partial charge >= 0.3 is 0 Å². The van der Waals surface area contributed by atoms with Gasteiger partial charge in [0, 0.05) is 24.9 Å². The van der Waals surface area contributed by atoms with Crippen molar-refractivity contribution in [2.24, 2.45) is 0 Å². The van der Waals surface area contributed by atoms with Crippen LogP contribution in [-0.2, 0) is 0 Å². The van der Waals surface area contributed by atoms with Crippen molar-refractivity contribution in [3.8, 4) is 0 Å². The maximum Gasteiger partial charge on any atom is 0.270 e. The van der Waals surface area contributed by atoms with Crippen LogP contribution >= 0.6 is 0 Å². The normalized spacial score (nSPS) is 11.2. The smallest absolute Gasteiger partial charge is 0.270 e. The van der Waals surface area contributed by atoms with Crippen LogP contribution in [0.15, 0.2) is 18.2 Å². The van der Waals surface area contributed by atoms with Gasteiger partial charge in [0.1, 0.15) is 0 Å². The lowest BCUT2D eigenvalue weighted by molar-refractivity contribution is -0.384. The van der Waals surface area contributed by atoms with Crippen molar-refractivity contribution in [1.82, 2.24) is 4.90 Å². The molecule has 0 saturated carbocycles. The molecule has 0 unspecified atom stereocenters. The van der Waals surface area contributed by atoms with Crippen molar-refractivity contribution in [2.75, 3.05) is 19.4 Å². The van der Waals surface area contributed by atoms with Gasteiger partial charge in [-0.2, -0.15) is 0 Å². The van der Waals surface area contributed by atoms with E-state index in [0.717, 1.165) is 6.07 Å². The lowest BCUT2D eigenvalue weighted by atomic mass is 10.0. The summed E-state index contributed by atoms with van der Waals surface area (Å²) in [5.74, 6) is -0.472. The van der Waals surface area contributed by atoms with Crippen molar-refractivity contribution in [1.29, 1.82) is 0 Å². The fourth-order valence-corrected chi connectivity index (χ4v) is 1.40. The molecule has 0 aliphatic rings. The first-order valence-corrected chi connectivity index (χ1v) is 5.63. The first-order chi connectivity index (χ1) is 8.70. The monoisotopic (exact) mass is 267 g/mol. The van der Waals surface area contributed by atoms with Gasteiger partial charge in [0.15, 0.2) is 0 Å². The van der Waals surface area contributed by atoms with E-state index in [-0.39, 0.29) is 23.5 Å². The zero-order valence-corrected chi connectivity index (χ0v) is 11.1. The molecule has 1 rings (SSSR count). The summed E-state index contributed by atoms with van der Waals surface area (Å²) in [6, 6.07) is 3.70. The molecule has 1 aromatic rings. The van der Waals surface area contributed by atoms with Crippen LogP contribution in [0.1, 0.15) is 24.2 Å². The summed E-state index contributed by atoms with van der Waals surface area (Å²) in [6.07, 6.45) is 0. The van der Waals surface area contributed by atoms with Crippen LogP contribution in [0.4, 0.5) is 11.4 Å². The molecular formula is C12H17N3O4. The molecule has 0 saturated heterocycles. The molecule has 3 N–H and O–H groups in total. The molecule has 7 nitrogen and oxygen atoms in total. The van der Waals surface area contributed by atoms with Gasteiger partial charge in [-0.1, -0.05) is 0 Å². The molecule has 0 fully saturated rings. The molecule has 0 bridgehead atoms. The van der Waals surface area contributed by atoms with E-state index in [2.05, 4.69) is 0 Å². The average molecular weight is 267 g/mol. The first kappa shape index (κ1) is 14.9. The molecule has 0 atom stereocenters. The Morgan fingerprint density at radius 2 is 2.11 bits per heavy atom. The third-order valence-corrected chi connectivity index (χ3v) is 3.08. The highest BCUT2D eigenvalue weighted by Gasteiger charge is 2.29. The molecule has 0 aromatic heterocycles. The number of aliphatic hydroxyl groups excluding tert-OH is 1. The molecule has 1 aromatic carbocycles. The van der Waals surface area contributed by atoms with Crippen molar-refractivity contribution in [3.05, 3.63) is 33.9 Å². The van der Waals surface area contributed by atoms with Crippen LogP contribution in [0.3, 0.4) is 0 Å². The predicted molar refractivity (Wildman–Crippen MR) is 70.8 cm³/mol. The van der Waals surface area contributed by atoms with E-state index >= 15 is 0 Å². The van der Waals surface area contributed by atoms with Gasteiger partial charge in [0.05, 0.1) is 22.6 Å². The Morgan fingerprint density at radius 1 is 1.53 bits per heavy atom. The van der Waals surface area contributed by atoms with Crippen molar-refractivity contribution in [2.45, 2.75) is 19.4 Å². The first-order valence-electron chi connectivity index (χ1n) is 5.63. The maximum absolute atomic E-state index is 12.3. The highest BCUT2D eigenvalue weighted by molar-refractivity contribution is 6.00. The number of benzene rings is 1. The molecule has 0 spiro atoms. The number of nitrogens with two attached hydrogens (primary N) is 1. The predicted octanol–water partition coefficient (Wildman–Crippen LogP) is 1.02. The number of amides is 1. The highest BCUT2D eigenvalue weighted by atomic mass is 16.6. The lowest BCUT2D eigenvalue weighted by Crippen LogP contribution is -2.47. The van der Waals surface area contributed by atoms with Crippen LogP contribution in [0.25, 0.3) is 0 Å². The molecule has 0 aliphatic heterocycles. The third kappa shape index (κ3) is 3.00. The van der Waals surface area contributed by atoms with E-state index in [1.54, 1.807) is 13.8 Å². The number of hydrogen-bond donors (Lipinski definition) is 2. The van der Waals surface area contributed by atoms with Crippen LogP contribution in [0, 0.1) is 10.1 Å². The molecule has 0 radical (unpaired) electrons. The topological polar surface area (TPSA) is 110 Å². The number of rotatable bonds is 4. The van der Waals surface area contributed by atoms with Crippen LogP contribution in [-0.4, -0.2) is 40.0 Å². The van der Waals surface area contributed by atoms with Crippen LogP contribution in [0.2, 0.25) is 0 Å². The number of aliphatic hydroxyl groups is 1. The van der Waals surface area contributed by atoms with Gasteiger partial charge in [-0.05, 0) is 19.9 Å². The highest BCUT2D eigenvalue weighted by Crippen LogP contribution is 2.23. The molecule has 104 valence electrons. The van der Waals surface area contributed by atoms with Crippen LogP contribution in [0.5, 0.6) is 0 Å². The van der Waals surface area contributed by atoms with E-state index in [1.807, 2.05) is 0 Å². The second kappa shape index (κ2) is 5.23. The van der Waals surface area contributed by atoms with E-state index in [4.69, 9.17) is 5.73 Å². The van der Waals surface area contributed by atoms with E-state index < -0.39 is 16.4 Å². The summed E-state index contributed by atoms with van der Waals surface area (Å²) in [4.78, 5) is 23.7. The molecule has 0 aliphatic carbocycles. The number of nitrogens with zero attached hydrogens (tertiary/aromatic N) is 2. The molecule has 19 heavy (non-hydrogen) atoms. The largest absolute Gasteiger partial charge is 0.398 e. The summed E-state index contributed by atoms with van der Waals surface area (Å²) >= 11 is 0. The Hall–Kier alpha value is -2.15.